The molecule has 2 amide bonds. The minimum atomic E-state index is -0.823. The van der Waals surface area contributed by atoms with Gasteiger partial charge in [0, 0.05) is 31.2 Å². The number of hydrogen-bond acceptors (Lipinski definition) is 3. The van der Waals surface area contributed by atoms with Crippen molar-refractivity contribution in [1.82, 2.24) is 15.5 Å². The molecule has 2 unspecified atom stereocenters. The van der Waals surface area contributed by atoms with Gasteiger partial charge in [0.1, 0.15) is 0 Å². The molecule has 6 nitrogen and oxygen atoms in total. The predicted molar refractivity (Wildman–Crippen MR) is 97.4 cm³/mol. The summed E-state index contributed by atoms with van der Waals surface area (Å²) >= 11 is 0. The monoisotopic (exact) mass is 347 g/mol. The number of piperidine rings is 1. The standard InChI is InChI=1S/C19H29N3O3/c1-14(15-8-5-4-6-9-15)21-19(2,3)13-20-18(25)22-11-7-10-16(12-22)17(23)24/h4-6,8-9,14,16,21H,7,10-13H2,1-3H3,(H,20,25)(H,23,24). The first-order valence-corrected chi connectivity index (χ1v) is 8.87. The lowest BCUT2D eigenvalue weighted by Gasteiger charge is -2.34. The van der Waals surface area contributed by atoms with Gasteiger partial charge >= 0.3 is 12.0 Å². The van der Waals surface area contributed by atoms with Crippen molar-refractivity contribution in [1.29, 1.82) is 0 Å². The van der Waals surface area contributed by atoms with E-state index in [1.54, 1.807) is 4.90 Å². The molecule has 25 heavy (non-hydrogen) atoms. The molecule has 138 valence electrons. The van der Waals surface area contributed by atoms with Crippen LogP contribution < -0.4 is 10.6 Å². The summed E-state index contributed by atoms with van der Waals surface area (Å²) in [6, 6.07) is 10.1. The van der Waals surface area contributed by atoms with E-state index in [1.165, 1.54) is 5.56 Å². The molecule has 0 spiro atoms. The van der Waals surface area contributed by atoms with Crippen molar-refractivity contribution in [3.05, 3.63) is 35.9 Å². The summed E-state index contributed by atoms with van der Waals surface area (Å²) in [7, 11) is 0. The molecule has 0 aliphatic carbocycles. The number of carbonyl (C=O) groups is 2. The number of nitrogens with one attached hydrogen (secondary N) is 2. The van der Waals surface area contributed by atoms with Crippen molar-refractivity contribution >= 4 is 12.0 Å². The summed E-state index contributed by atoms with van der Waals surface area (Å²) < 4.78 is 0. The fourth-order valence-electron chi connectivity index (χ4n) is 3.23. The Morgan fingerprint density at radius 1 is 1.32 bits per heavy atom. The van der Waals surface area contributed by atoms with Crippen molar-refractivity contribution in [2.24, 2.45) is 5.92 Å². The number of amides is 2. The third-order valence-corrected chi connectivity index (χ3v) is 4.65. The van der Waals surface area contributed by atoms with Crippen LogP contribution in [0, 0.1) is 5.92 Å². The van der Waals surface area contributed by atoms with Gasteiger partial charge in [-0.15, -0.1) is 0 Å². The highest BCUT2D eigenvalue weighted by Crippen LogP contribution is 2.18. The zero-order chi connectivity index (χ0) is 18.4. The topological polar surface area (TPSA) is 81.7 Å². The minimum Gasteiger partial charge on any atom is -0.481 e. The van der Waals surface area contributed by atoms with Crippen molar-refractivity contribution in [2.45, 2.75) is 45.2 Å². The van der Waals surface area contributed by atoms with Crippen molar-refractivity contribution in [2.75, 3.05) is 19.6 Å². The van der Waals surface area contributed by atoms with E-state index in [1.807, 2.05) is 32.0 Å². The first-order chi connectivity index (χ1) is 11.8. The van der Waals surface area contributed by atoms with Crippen LogP contribution >= 0.6 is 0 Å². The number of hydrogen-bond donors (Lipinski definition) is 3. The van der Waals surface area contributed by atoms with Crippen LogP contribution in [0.15, 0.2) is 30.3 Å². The summed E-state index contributed by atoms with van der Waals surface area (Å²) in [5, 5.41) is 15.6. The number of carboxylic acids is 1. The molecule has 2 rings (SSSR count). The Balaban J connectivity index is 1.84. The molecule has 6 heteroatoms. The fraction of sp³-hybridized carbons (Fsp3) is 0.579. The molecule has 1 heterocycles. The van der Waals surface area contributed by atoms with E-state index in [0.29, 0.717) is 19.5 Å². The van der Waals surface area contributed by atoms with E-state index in [-0.39, 0.29) is 24.2 Å². The predicted octanol–water partition coefficient (Wildman–Crippen LogP) is 2.62. The van der Waals surface area contributed by atoms with Crippen LogP contribution in [0.3, 0.4) is 0 Å². The summed E-state index contributed by atoms with van der Waals surface area (Å²) in [5.74, 6) is -1.28. The maximum Gasteiger partial charge on any atom is 0.317 e. The van der Waals surface area contributed by atoms with Gasteiger partial charge in [-0.25, -0.2) is 4.79 Å². The maximum absolute atomic E-state index is 12.4. The van der Waals surface area contributed by atoms with Crippen molar-refractivity contribution in [3.8, 4) is 0 Å². The Morgan fingerprint density at radius 3 is 2.64 bits per heavy atom. The molecule has 0 aromatic heterocycles. The summed E-state index contributed by atoms with van der Waals surface area (Å²) in [6.45, 7) is 7.56. The third-order valence-electron chi connectivity index (χ3n) is 4.65. The Kier molecular flexibility index (Phi) is 6.42. The Morgan fingerprint density at radius 2 is 2.00 bits per heavy atom. The molecule has 3 N–H and O–H groups in total. The van der Waals surface area contributed by atoms with Gasteiger partial charge in [-0.2, -0.15) is 0 Å². The molecular weight excluding hydrogens is 318 g/mol. The summed E-state index contributed by atoms with van der Waals surface area (Å²) in [4.78, 5) is 25.1. The smallest absolute Gasteiger partial charge is 0.317 e. The lowest BCUT2D eigenvalue weighted by Crippen LogP contribution is -2.54. The van der Waals surface area contributed by atoms with Crippen molar-refractivity contribution < 1.29 is 14.7 Å². The fourth-order valence-corrected chi connectivity index (χ4v) is 3.23. The van der Waals surface area contributed by atoms with E-state index in [4.69, 9.17) is 5.11 Å². The SMILES string of the molecule is CC(NC(C)(C)CNC(=O)N1CCCC(C(=O)O)C1)c1ccccc1. The van der Waals surface area contributed by atoms with Gasteiger partial charge < -0.3 is 20.6 Å². The second-order valence-corrected chi connectivity index (χ2v) is 7.44. The second kappa shape index (κ2) is 8.34. The number of nitrogens with zero attached hydrogens (tertiary/aromatic N) is 1. The lowest BCUT2D eigenvalue weighted by molar-refractivity contribution is -0.143. The van der Waals surface area contributed by atoms with Crippen LogP contribution in [0.4, 0.5) is 4.79 Å². The zero-order valence-corrected chi connectivity index (χ0v) is 15.3. The average Bonchev–Trinajstić information content (AvgIpc) is 2.60. The third kappa shape index (κ3) is 5.74. The normalized spacial score (nSPS) is 19.3. The van der Waals surface area contributed by atoms with E-state index in [2.05, 4.69) is 29.7 Å². The first kappa shape index (κ1) is 19.2. The number of carbonyl (C=O) groups excluding carboxylic acids is 1. The highest BCUT2D eigenvalue weighted by atomic mass is 16.4. The minimum absolute atomic E-state index is 0.166. The molecule has 1 aromatic rings. The van der Waals surface area contributed by atoms with Crippen LogP contribution in [-0.2, 0) is 4.79 Å². The van der Waals surface area contributed by atoms with Gasteiger partial charge in [-0.3, -0.25) is 4.79 Å². The molecule has 0 radical (unpaired) electrons. The second-order valence-electron chi connectivity index (χ2n) is 7.44. The van der Waals surface area contributed by atoms with E-state index < -0.39 is 11.9 Å². The number of benzene rings is 1. The Labute approximate surface area is 149 Å². The van der Waals surface area contributed by atoms with Crippen LogP contribution in [0.5, 0.6) is 0 Å². The van der Waals surface area contributed by atoms with Crippen molar-refractivity contribution in [3.63, 3.8) is 0 Å². The molecule has 0 saturated carbocycles. The molecular formula is C19H29N3O3. The first-order valence-electron chi connectivity index (χ1n) is 8.87. The number of likely N-dealkylation sites (tertiary alicyclic amines) is 1. The van der Waals surface area contributed by atoms with E-state index in [9.17, 15) is 9.59 Å². The highest BCUT2D eigenvalue weighted by molar-refractivity contribution is 5.76. The zero-order valence-electron chi connectivity index (χ0n) is 15.3. The molecule has 0 bridgehead atoms. The molecule has 2 atom stereocenters. The van der Waals surface area contributed by atoms with Gasteiger partial charge in [0.2, 0.25) is 0 Å². The number of rotatable bonds is 6. The van der Waals surface area contributed by atoms with Crippen LogP contribution in [0.1, 0.15) is 45.2 Å². The average molecular weight is 347 g/mol. The summed E-state index contributed by atoms with van der Waals surface area (Å²) in [6.07, 6.45) is 1.37. The maximum atomic E-state index is 12.4. The lowest BCUT2D eigenvalue weighted by atomic mass is 9.98. The van der Waals surface area contributed by atoms with Crippen LogP contribution in [0.25, 0.3) is 0 Å². The largest absolute Gasteiger partial charge is 0.481 e. The number of carboxylic acid groups (broad SMARTS) is 1. The van der Waals surface area contributed by atoms with Gasteiger partial charge in [0.25, 0.3) is 0 Å². The molecule has 1 aliphatic heterocycles. The Hall–Kier alpha value is -2.08. The number of aliphatic carboxylic acids is 1. The number of urea groups is 1. The highest BCUT2D eigenvalue weighted by Gasteiger charge is 2.29. The van der Waals surface area contributed by atoms with Gasteiger partial charge in [-0.1, -0.05) is 30.3 Å². The van der Waals surface area contributed by atoms with Crippen LogP contribution in [0.2, 0.25) is 0 Å². The quantitative estimate of drug-likeness (QED) is 0.739. The molecule has 1 aliphatic rings. The Bertz CT molecular complexity index is 589. The summed E-state index contributed by atoms with van der Waals surface area (Å²) in [5.41, 5.74) is 0.912. The van der Waals surface area contributed by atoms with Crippen LogP contribution in [-0.4, -0.2) is 47.2 Å². The van der Waals surface area contributed by atoms with Gasteiger partial charge in [-0.05, 0) is 39.2 Å². The molecule has 1 saturated heterocycles. The van der Waals surface area contributed by atoms with E-state index in [0.717, 1.165) is 6.42 Å². The van der Waals surface area contributed by atoms with Gasteiger partial charge in [0.05, 0.1) is 5.92 Å². The van der Waals surface area contributed by atoms with Gasteiger partial charge in [0.15, 0.2) is 0 Å². The molecule has 1 aromatic carbocycles. The van der Waals surface area contributed by atoms with E-state index >= 15 is 0 Å². The molecule has 1 fully saturated rings.